The molecule has 1 amide bonds. The lowest BCUT2D eigenvalue weighted by Crippen LogP contribution is -2.42. The van der Waals surface area contributed by atoms with Crippen molar-refractivity contribution in [3.63, 3.8) is 0 Å². The third-order valence-corrected chi connectivity index (χ3v) is 5.99. The van der Waals surface area contributed by atoms with Crippen LogP contribution >= 0.6 is 11.8 Å². The van der Waals surface area contributed by atoms with Crippen molar-refractivity contribution >= 4 is 23.4 Å². The largest absolute Gasteiger partial charge is 0.391 e. The van der Waals surface area contributed by atoms with Crippen LogP contribution in [-0.4, -0.2) is 41.2 Å². The molecule has 0 radical (unpaired) electrons. The third-order valence-electron chi connectivity index (χ3n) is 4.84. The molecule has 2 atom stereocenters. The molecule has 1 aliphatic heterocycles. The summed E-state index contributed by atoms with van der Waals surface area (Å²) in [5, 5.41) is 15.7. The van der Waals surface area contributed by atoms with Crippen LogP contribution in [0.5, 0.6) is 0 Å². The maximum absolute atomic E-state index is 12.1. The molecule has 5 heteroatoms. The second kappa shape index (κ2) is 12.4. The van der Waals surface area contributed by atoms with Gasteiger partial charge in [-0.2, -0.15) is 11.8 Å². The summed E-state index contributed by atoms with van der Waals surface area (Å²) in [7, 11) is 0. The van der Waals surface area contributed by atoms with E-state index in [1.54, 1.807) is 0 Å². The monoisotopic (exact) mass is 378 g/mol. The number of nitrogens with one attached hydrogen (secondary N) is 2. The molecule has 0 aromatic heterocycles. The Labute approximate surface area is 162 Å². The van der Waals surface area contributed by atoms with Crippen molar-refractivity contribution in [2.45, 2.75) is 70.4 Å². The van der Waals surface area contributed by atoms with E-state index in [1.165, 1.54) is 55.6 Å². The number of carbonyl (C=O) groups excluding carboxylic acids is 1. The minimum Gasteiger partial charge on any atom is -0.391 e. The van der Waals surface area contributed by atoms with Crippen molar-refractivity contribution in [2.24, 2.45) is 0 Å². The first-order chi connectivity index (χ1) is 12.7. The molecule has 0 spiro atoms. The lowest BCUT2D eigenvalue weighted by molar-refractivity contribution is -0.119. The SMILES string of the molecule is CCCCCCSCCCCc1ccc(NC(=O)[C@H]2NCC[C@@H]2O)cc1. The highest BCUT2D eigenvalue weighted by Gasteiger charge is 2.30. The van der Waals surface area contributed by atoms with E-state index in [0.29, 0.717) is 13.0 Å². The fraction of sp³-hybridized carbons (Fsp3) is 0.667. The van der Waals surface area contributed by atoms with Gasteiger partial charge in [-0.05, 0) is 67.9 Å². The Kier molecular flexibility index (Phi) is 10.1. The Morgan fingerprint density at radius 2 is 1.88 bits per heavy atom. The van der Waals surface area contributed by atoms with E-state index in [2.05, 4.69) is 41.5 Å². The van der Waals surface area contributed by atoms with E-state index in [0.717, 1.165) is 12.1 Å². The Morgan fingerprint density at radius 3 is 2.54 bits per heavy atom. The lowest BCUT2D eigenvalue weighted by atomic mass is 10.1. The van der Waals surface area contributed by atoms with Crippen LogP contribution in [0, 0.1) is 0 Å². The number of benzene rings is 1. The average molecular weight is 379 g/mol. The first-order valence-electron chi connectivity index (χ1n) is 10.1. The van der Waals surface area contributed by atoms with Gasteiger partial charge >= 0.3 is 0 Å². The van der Waals surface area contributed by atoms with Gasteiger partial charge in [-0.1, -0.05) is 38.3 Å². The smallest absolute Gasteiger partial charge is 0.244 e. The van der Waals surface area contributed by atoms with Crippen molar-refractivity contribution in [3.05, 3.63) is 29.8 Å². The Hall–Kier alpha value is -1.04. The van der Waals surface area contributed by atoms with Crippen molar-refractivity contribution in [2.75, 3.05) is 23.4 Å². The summed E-state index contributed by atoms with van der Waals surface area (Å²) in [5.41, 5.74) is 2.11. The van der Waals surface area contributed by atoms with E-state index in [1.807, 2.05) is 12.1 Å². The van der Waals surface area contributed by atoms with Crippen LogP contribution in [-0.2, 0) is 11.2 Å². The second-order valence-corrected chi connectivity index (χ2v) is 8.33. The van der Waals surface area contributed by atoms with Crippen LogP contribution in [0.2, 0.25) is 0 Å². The van der Waals surface area contributed by atoms with Gasteiger partial charge in [0.2, 0.25) is 5.91 Å². The summed E-state index contributed by atoms with van der Waals surface area (Å²) in [5.74, 6) is 2.41. The number of aryl methyl sites for hydroxylation is 1. The molecular formula is C21H34N2O2S. The molecule has 0 aliphatic carbocycles. The predicted molar refractivity (Wildman–Crippen MR) is 112 cm³/mol. The van der Waals surface area contributed by atoms with Gasteiger partial charge in [-0.3, -0.25) is 4.79 Å². The summed E-state index contributed by atoms with van der Waals surface area (Å²) in [6, 6.07) is 7.60. The maximum Gasteiger partial charge on any atom is 0.244 e. The number of amides is 1. The van der Waals surface area contributed by atoms with E-state index >= 15 is 0 Å². The van der Waals surface area contributed by atoms with Crippen molar-refractivity contribution in [3.8, 4) is 0 Å². The fourth-order valence-electron chi connectivity index (χ4n) is 3.20. The fourth-order valence-corrected chi connectivity index (χ4v) is 4.22. The van der Waals surface area contributed by atoms with Crippen LogP contribution in [0.1, 0.15) is 57.4 Å². The van der Waals surface area contributed by atoms with Gasteiger partial charge in [0, 0.05) is 5.69 Å². The minimum atomic E-state index is -0.584. The van der Waals surface area contributed by atoms with Crippen molar-refractivity contribution in [1.82, 2.24) is 5.32 Å². The molecule has 1 aromatic rings. The van der Waals surface area contributed by atoms with Crippen LogP contribution in [0.25, 0.3) is 0 Å². The van der Waals surface area contributed by atoms with Crippen LogP contribution in [0.4, 0.5) is 5.69 Å². The molecule has 26 heavy (non-hydrogen) atoms. The maximum atomic E-state index is 12.1. The molecule has 1 fully saturated rings. The topological polar surface area (TPSA) is 61.4 Å². The molecule has 4 nitrogen and oxygen atoms in total. The van der Waals surface area contributed by atoms with E-state index in [4.69, 9.17) is 0 Å². The van der Waals surface area contributed by atoms with Crippen molar-refractivity contribution < 1.29 is 9.90 Å². The second-order valence-electron chi connectivity index (χ2n) is 7.10. The van der Waals surface area contributed by atoms with Gasteiger partial charge in [-0.25, -0.2) is 0 Å². The van der Waals surface area contributed by atoms with Gasteiger partial charge in [-0.15, -0.1) is 0 Å². The number of aliphatic hydroxyl groups excluding tert-OH is 1. The van der Waals surface area contributed by atoms with Crippen LogP contribution in [0.15, 0.2) is 24.3 Å². The van der Waals surface area contributed by atoms with Crippen LogP contribution in [0.3, 0.4) is 0 Å². The van der Waals surface area contributed by atoms with E-state index < -0.39 is 12.1 Å². The normalized spacial score (nSPS) is 19.6. The number of thioether (sulfide) groups is 1. The molecule has 1 aliphatic rings. The molecule has 0 unspecified atom stereocenters. The van der Waals surface area contributed by atoms with Crippen molar-refractivity contribution in [1.29, 1.82) is 0 Å². The Morgan fingerprint density at radius 1 is 1.15 bits per heavy atom. The van der Waals surface area contributed by atoms with Gasteiger partial charge < -0.3 is 15.7 Å². The number of aliphatic hydroxyl groups is 1. The molecule has 3 N–H and O–H groups in total. The van der Waals surface area contributed by atoms with E-state index in [9.17, 15) is 9.90 Å². The molecule has 146 valence electrons. The molecule has 1 saturated heterocycles. The summed E-state index contributed by atoms with van der Waals surface area (Å²) < 4.78 is 0. The molecular weight excluding hydrogens is 344 g/mol. The number of unbranched alkanes of at least 4 members (excludes halogenated alkanes) is 4. The van der Waals surface area contributed by atoms with Gasteiger partial charge in [0.1, 0.15) is 6.04 Å². The van der Waals surface area contributed by atoms with E-state index in [-0.39, 0.29) is 5.91 Å². The zero-order valence-electron chi connectivity index (χ0n) is 16.0. The number of anilines is 1. The minimum absolute atomic E-state index is 0.154. The van der Waals surface area contributed by atoms with Crippen LogP contribution < -0.4 is 10.6 Å². The highest BCUT2D eigenvalue weighted by Crippen LogP contribution is 2.15. The number of carbonyl (C=O) groups is 1. The standard InChI is InChI=1S/C21H34N2O2S/c1-2-3-4-6-15-26-16-7-5-8-17-9-11-18(12-10-17)23-21(25)20-19(24)13-14-22-20/h9-12,19-20,22,24H,2-8,13-16H2,1H3,(H,23,25)/t19-,20-/m0/s1. The highest BCUT2D eigenvalue weighted by molar-refractivity contribution is 7.99. The summed E-state index contributed by atoms with van der Waals surface area (Å²) in [4.78, 5) is 12.1. The average Bonchev–Trinajstić information content (AvgIpc) is 3.08. The molecule has 1 heterocycles. The quantitative estimate of drug-likeness (QED) is 0.481. The predicted octanol–water partition coefficient (Wildman–Crippen LogP) is 3.98. The Bertz CT molecular complexity index is 521. The molecule has 1 aromatic carbocycles. The summed E-state index contributed by atoms with van der Waals surface area (Å²) in [6.07, 6.45) is 9.04. The summed E-state index contributed by atoms with van der Waals surface area (Å²) in [6.45, 7) is 2.94. The molecule has 0 saturated carbocycles. The highest BCUT2D eigenvalue weighted by atomic mass is 32.2. The molecule has 0 bridgehead atoms. The van der Waals surface area contributed by atoms with Gasteiger partial charge in [0.25, 0.3) is 0 Å². The first kappa shape index (κ1) is 21.3. The number of hydrogen-bond donors (Lipinski definition) is 3. The van der Waals surface area contributed by atoms with Gasteiger partial charge in [0.05, 0.1) is 6.10 Å². The first-order valence-corrected chi connectivity index (χ1v) is 11.2. The lowest BCUT2D eigenvalue weighted by Gasteiger charge is -2.14. The van der Waals surface area contributed by atoms with Gasteiger partial charge in [0.15, 0.2) is 0 Å². The Balaban J connectivity index is 1.58. The third kappa shape index (κ3) is 7.68. The molecule has 2 rings (SSSR count). The zero-order valence-corrected chi connectivity index (χ0v) is 16.8. The number of rotatable bonds is 12. The zero-order chi connectivity index (χ0) is 18.6. The number of hydrogen-bond acceptors (Lipinski definition) is 4. The summed E-state index contributed by atoms with van der Waals surface area (Å²) >= 11 is 2.09.